The number of alkyl halides is 2. The third kappa shape index (κ3) is 5.84. The molecule has 0 spiro atoms. The van der Waals surface area contributed by atoms with E-state index in [1.165, 1.54) is 0 Å². The maximum atomic E-state index is 12.7. The van der Waals surface area contributed by atoms with Crippen molar-refractivity contribution in [1.29, 1.82) is 0 Å². The molecule has 0 rings (SSSR count). The van der Waals surface area contributed by atoms with Crippen LogP contribution in [0.25, 0.3) is 0 Å². The summed E-state index contributed by atoms with van der Waals surface area (Å²) in [5.41, 5.74) is 0. The SMILES string of the molecule is CC#CCC(F)(F)CCCC. The van der Waals surface area contributed by atoms with Gasteiger partial charge in [0.25, 0.3) is 5.92 Å². The van der Waals surface area contributed by atoms with E-state index in [4.69, 9.17) is 0 Å². The number of unbranched alkanes of at least 4 members (excludes halogenated alkanes) is 1. The molecule has 0 saturated heterocycles. The molecule has 0 aromatic rings. The normalized spacial score (nSPS) is 10.5. The fourth-order valence-corrected chi connectivity index (χ4v) is 0.741. The van der Waals surface area contributed by atoms with E-state index in [1.54, 1.807) is 6.92 Å². The second kappa shape index (κ2) is 5.12. The van der Waals surface area contributed by atoms with Gasteiger partial charge >= 0.3 is 0 Å². The van der Waals surface area contributed by atoms with Gasteiger partial charge in [-0.1, -0.05) is 19.3 Å². The van der Waals surface area contributed by atoms with Gasteiger partial charge in [0.1, 0.15) is 0 Å². The maximum Gasteiger partial charge on any atom is 0.258 e. The first-order valence-corrected chi connectivity index (χ1v) is 3.90. The lowest BCUT2D eigenvalue weighted by atomic mass is 10.1. The van der Waals surface area contributed by atoms with Crippen molar-refractivity contribution < 1.29 is 8.78 Å². The van der Waals surface area contributed by atoms with Crippen molar-refractivity contribution in [1.82, 2.24) is 0 Å². The lowest BCUT2D eigenvalue weighted by molar-refractivity contribution is -0.00421. The lowest BCUT2D eigenvalue weighted by Gasteiger charge is -2.11. The third-order valence-electron chi connectivity index (χ3n) is 1.42. The van der Waals surface area contributed by atoms with Crippen LogP contribution in [-0.2, 0) is 0 Å². The quantitative estimate of drug-likeness (QED) is 0.554. The second-order valence-electron chi connectivity index (χ2n) is 2.56. The van der Waals surface area contributed by atoms with Gasteiger partial charge in [-0.2, -0.15) is 0 Å². The number of hydrogen-bond donors (Lipinski definition) is 0. The summed E-state index contributed by atoms with van der Waals surface area (Å²) >= 11 is 0. The highest BCUT2D eigenvalue weighted by molar-refractivity contribution is 4.98. The Labute approximate surface area is 67.0 Å². The van der Waals surface area contributed by atoms with Crippen molar-refractivity contribution in [3.8, 4) is 11.8 Å². The Morgan fingerprint density at radius 2 is 2.00 bits per heavy atom. The highest BCUT2D eigenvalue weighted by Crippen LogP contribution is 2.24. The number of halogens is 2. The van der Waals surface area contributed by atoms with E-state index in [2.05, 4.69) is 11.8 Å². The van der Waals surface area contributed by atoms with E-state index < -0.39 is 5.92 Å². The molecule has 0 aliphatic carbocycles. The third-order valence-corrected chi connectivity index (χ3v) is 1.42. The Bertz CT molecular complexity index is 151. The molecule has 2 heteroatoms. The summed E-state index contributed by atoms with van der Waals surface area (Å²) < 4.78 is 25.4. The van der Waals surface area contributed by atoms with Crippen molar-refractivity contribution in [3.63, 3.8) is 0 Å². The Morgan fingerprint density at radius 3 is 2.45 bits per heavy atom. The maximum absolute atomic E-state index is 12.7. The van der Waals surface area contributed by atoms with E-state index in [1.807, 2.05) is 6.92 Å². The van der Waals surface area contributed by atoms with E-state index >= 15 is 0 Å². The summed E-state index contributed by atoms with van der Waals surface area (Å²) in [5, 5.41) is 0. The van der Waals surface area contributed by atoms with Gasteiger partial charge in [-0.3, -0.25) is 0 Å². The summed E-state index contributed by atoms with van der Waals surface area (Å²) in [6.07, 6.45) is 1.08. The molecule has 0 amide bonds. The van der Waals surface area contributed by atoms with Gasteiger partial charge in [-0.05, 0) is 13.3 Å². The van der Waals surface area contributed by atoms with Crippen LogP contribution in [0.2, 0.25) is 0 Å². The van der Waals surface area contributed by atoms with Crippen molar-refractivity contribution >= 4 is 0 Å². The molecule has 0 aromatic carbocycles. The molecular weight excluding hydrogens is 146 g/mol. The summed E-state index contributed by atoms with van der Waals surface area (Å²) in [6.45, 7) is 3.48. The predicted molar refractivity (Wildman–Crippen MR) is 42.5 cm³/mol. The minimum absolute atomic E-state index is 0.0296. The van der Waals surface area contributed by atoms with Crippen molar-refractivity contribution in [2.75, 3.05) is 0 Å². The molecule has 0 aromatic heterocycles. The fraction of sp³-hybridized carbons (Fsp3) is 0.778. The predicted octanol–water partition coefficient (Wildman–Crippen LogP) is 3.23. The van der Waals surface area contributed by atoms with E-state index in [9.17, 15) is 8.78 Å². The average Bonchev–Trinajstić information content (AvgIpc) is 1.97. The lowest BCUT2D eigenvalue weighted by Crippen LogP contribution is -2.14. The van der Waals surface area contributed by atoms with E-state index in [0.717, 1.165) is 6.42 Å². The van der Waals surface area contributed by atoms with Gasteiger partial charge in [-0.15, -0.1) is 5.92 Å². The topological polar surface area (TPSA) is 0 Å². The molecule has 0 fully saturated rings. The Kier molecular flexibility index (Phi) is 4.85. The first-order chi connectivity index (χ1) is 5.12. The van der Waals surface area contributed by atoms with E-state index in [-0.39, 0.29) is 12.8 Å². The van der Waals surface area contributed by atoms with Gasteiger partial charge in [0, 0.05) is 6.42 Å². The van der Waals surface area contributed by atoms with Gasteiger partial charge in [0.2, 0.25) is 0 Å². The van der Waals surface area contributed by atoms with Crippen LogP contribution in [-0.4, -0.2) is 5.92 Å². The standard InChI is InChI=1S/C9H14F2/c1-3-5-7-9(10,11)8-6-4-2/h3,5,7-8H2,1-2H3. The zero-order valence-electron chi connectivity index (χ0n) is 7.08. The van der Waals surface area contributed by atoms with Crippen LogP contribution in [0.1, 0.15) is 39.5 Å². The molecule has 0 nitrogen and oxygen atoms in total. The van der Waals surface area contributed by atoms with Crippen LogP contribution < -0.4 is 0 Å². The summed E-state index contributed by atoms with van der Waals surface area (Å²) in [5.74, 6) is 2.30. The van der Waals surface area contributed by atoms with Crippen LogP contribution in [0, 0.1) is 11.8 Å². The van der Waals surface area contributed by atoms with E-state index in [0.29, 0.717) is 6.42 Å². The molecule has 0 aliphatic heterocycles. The Balaban J connectivity index is 3.66. The van der Waals surface area contributed by atoms with Crippen LogP contribution in [0.5, 0.6) is 0 Å². The fourth-order valence-electron chi connectivity index (χ4n) is 0.741. The molecule has 64 valence electrons. The van der Waals surface area contributed by atoms with Gasteiger partial charge < -0.3 is 0 Å². The number of rotatable bonds is 4. The molecule has 0 heterocycles. The highest BCUT2D eigenvalue weighted by Gasteiger charge is 2.26. The molecule has 0 aliphatic rings. The van der Waals surface area contributed by atoms with Crippen LogP contribution in [0.4, 0.5) is 8.78 Å². The van der Waals surface area contributed by atoms with Crippen LogP contribution >= 0.6 is 0 Å². The first-order valence-electron chi connectivity index (χ1n) is 3.90. The largest absolute Gasteiger partial charge is 0.258 e. The highest BCUT2D eigenvalue weighted by atomic mass is 19.3. The van der Waals surface area contributed by atoms with Crippen molar-refractivity contribution in [3.05, 3.63) is 0 Å². The second-order valence-corrected chi connectivity index (χ2v) is 2.56. The van der Waals surface area contributed by atoms with Crippen LogP contribution in [0.15, 0.2) is 0 Å². The minimum Gasteiger partial charge on any atom is -0.206 e. The molecule has 0 bridgehead atoms. The van der Waals surface area contributed by atoms with Crippen molar-refractivity contribution in [2.45, 2.75) is 45.5 Å². The first kappa shape index (κ1) is 10.4. The smallest absolute Gasteiger partial charge is 0.206 e. The van der Waals surface area contributed by atoms with Crippen molar-refractivity contribution in [2.24, 2.45) is 0 Å². The zero-order valence-corrected chi connectivity index (χ0v) is 7.08. The molecule has 0 saturated carbocycles. The monoisotopic (exact) mass is 160 g/mol. The van der Waals surface area contributed by atoms with Gasteiger partial charge in [-0.25, -0.2) is 8.78 Å². The molecule has 0 unspecified atom stereocenters. The molecule has 0 atom stereocenters. The van der Waals surface area contributed by atoms with Gasteiger partial charge in [0.05, 0.1) is 6.42 Å². The zero-order chi connectivity index (χ0) is 8.74. The summed E-state index contributed by atoms with van der Waals surface area (Å²) in [6, 6.07) is 0. The summed E-state index contributed by atoms with van der Waals surface area (Å²) in [7, 11) is 0. The molecular formula is C9H14F2. The minimum atomic E-state index is -2.57. The summed E-state index contributed by atoms with van der Waals surface area (Å²) in [4.78, 5) is 0. The molecule has 0 N–H and O–H groups in total. The molecule has 11 heavy (non-hydrogen) atoms. The number of hydrogen-bond acceptors (Lipinski definition) is 0. The van der Waals surface area contributed by atoms with Crippen LogP contribution in [0.3, 0.4) is 0 Å². The Morgan fingerprint density at radius 1 is 1.36 bits per heavy atom. The average molecular weight is 160 g/mol. The van der Waals surface area contributed by atoms with Gasteiger partial charge in [0.15, 0.2) is 0 Å². The molecule has 0 radical (unpaired) electrons. The Hall–Kier alpha value is -0.580.